The zero-order valence-electron chi connectivity index (χ0n) is 17.3. The van der Waals surface area contributed by atoms with Gasteiger partial charge in [-0.3, -0.25) is 0 Å². The van der Waals surface area contributed by atoms with Crippen LogP contribution < -0.4 is 14.8 Å². The number of hydrogen-bond donors (Lipinski definition) is 1. The molecule has 0 aromatic heterocycles. The molecule has 0 unspecified atom stereocenters. The van der Waals surface area contributed by atoms with Crippen LogP contribution in [0.4, 0.5) is 4.79 Å². The van der Waals surface area contributed by atoms with Crippen LogP contribution >= 0.6 is 0 Å². The summed E-state index contributed by atoms with van der Waals surface area (Å²) in [4.78, 5) is 24.9. The van der Waals surface area contributed by atoms with E-state index in [1.807, 2.05) is 0 Å². The minimum atomic E-state index is -3.96. The molecule has 0 radical (unpaired) electrons. The van der Waals surface area contributed by atoms with E-state index >= 15 is 0 Å². The fraction of sp³-hybridized carbons (Fsp3) is 0.364. The Balaban J connectivity index is 1.76. The Morgan fingerprint density at radius 1 is 1.13 bits per heavy atom. The van der Waals surface area contributed by atoms with Crippen LogP contribution in [0.25, 0.3) is 0 Å². The van der Waals surface area contributed by atoms with Crippen LogP contribution in [0.2, 0.25) is 0 Å². The Kier molecular flexibility index (Phi) is 4.96. The van der Waals surface area contributed by atoms with Gasteiger partial charge in [-0.25, -0.2) is 13.2 Å². The molecule has 1 N–H and O–H groups in total. The van der Waals surface area contributed by atoms with E-state index in [-0.39, 0.29) is 11.7 Å². The first kappa shape index (κ1) is 21.2. The third-order valence-electron chi connectivity index (χ3n) is 5.25. The second kappa shape index (κ2) is 7.26. The van der Waals surface area contributed by atoms with E-state index in [0.717, 1.165) is 0 Å². The van der Waals surface area contributed by atoms with E-state index in [1.165, 1.54) is 12.1 Å². The highest BCUT2D eigenvalue weighted by atomic mass is 32.2. The summed E-state index contributed by atoms with van der Waals surface area (Å²) in [5.41, 5.74) is -1.95. The molecule has 1 aliphatic heterocycles. The number of sulfone groups is 1. The molecule has 4 rings (SSSR count). The average molecular weight is 445 g/mol. The zero-order chi connectivity index (χ0) is 22.4. The van der Waals surface area contributed by atoms with Crippen LogP contribution in [0.15, 0.2) is 53.4 Å². The number of amides is 1. The van der Waals surface area contributed by atoms with Gasteiger partial charge < -0.3 is 24.3 Å². The van der Waals surface area contributed by atoms with Crippen molar-refractivity contribution in [3.05, 3.63) is 54.1 Å². The highest BCUT2D eigenvalue weighted by molar-refractivity contribution is 7.92. The quantitative estimate of drug-likeness (QED) is 0.705. The van der Waals surface area contributed by atoms with E-state index in [9.17, 15) is 18.0 Å². The van der Waals surface area contributed by atoms with E-state index in [0.29, 0.717) is 23.3 Å². The van der Waals surface area contributed by atoms with E-state index in [2.05, 4.69) is 5.32 Å². The lowest BCUT2D eigenvalue weighted by atomic mass is 10.1. The predicted octanol–water partition coefficient (Wildman–Crippen LogP) is 2.82. The van der Waals surface area contributed by atoms with Crippen molar-refractivity contribution >= 4 is 22.2 Å². The van der Waals surface area contributed by atoms with Gasteiger partial charge in [0.15, 0.2) is 21.3 Å². The van der Waals surface area contributed by atoms with Crippen molar-refractivity contribution in [3.63, 3.8) is 0 Å². The maximum atomic E-state index is 13.4. The molecule has 0 bridgehead atoms. The Hall–Kier alpha value is -3.07. The third-order valence-corrected chi connectivity index (χ3v) is 7.51. The molecule has 0 spiro atoms. The maximum absolute atomic E-state index is 13.4. The molecule has 2 aromatic rings. The van der Waals surface area contributed by atoms with Gasteiger partial charge in [0.1, 0.15) is 22.7 Å². The van der Waals surface area contributed by atoms with Crippen molar-refractivity contribution in [1.82, 2.24) is 5.32 Å². The van der Waals surface area contributed by atoms with E-state index in [1.54, 1.807) is 57.2 Å². The fourth-order valence-electron chi connectivity index (χ4n) is 3.92. The van der Waals surface area contributed by atoms with Crippen LogP contribution in [0.3, 0.4) is 0 Å². The van der Waals surface area contributed by atoms with Crippen molar-refractivity contribution in [2.24, 2.45) is 0 Å². The number of benzene rings is 2. The predicted molar refractivity (Wildman–Crippen MR) is 111 cm³/mol. The molecular formula is C22H23NO7S. The minimum Gasteiger partial charge on any atom is -0.454 e. The van der Waals surface area contributed by atoms with Crippen molar-refractivity contribution in [2.45, 2.75) is 48.0 Å². The summed E-state index contributed by atoms with van der Waals surface area (Å²) >= 11 is 0. The maximum Gasteiger partial charge on any atom is 0.408 e. The summed E-state index contributed by atoms with van der Waals surface area (Å²) in [7, 11) is -3.96. The monoisotopic (exact) mass is 445 g/mol. The highest BCUT2D eigenvalue weighted by Crippen LogP contribution is 2.57. The summed E-state index contributed by atoms with van der Waals surface area (Å²) < 4.78 is 42.9. The van der Waals surface area contributed by atoms with Crippen molar-refractivity contribution in [1.29, 1.82) is 0 Å². The lowest BCUT2D eigenvalue weighted by molar-refractivity contribution is -0.110. The van der Waals surface area contributed by atoms with Crippen molar-refractivity contribution in [2.75, 3.05) is 6.79 Å². The molecule has 0 saturated heterocycles. The summed E-state index contributed by atoms with van der Waals surface area (Å²) in [5, 5.41) is 1.33. The molecular weight excluding hydrogens is 422 g/mol. The number of alkyl carbamates (subject to hydrolysis) is 1. The van der Waals surface area contributed by atoms with Gasteiger partial charge in [0.05, 0.1) is 4.90 Å². The first-order valence-corrected chi connectivity index (χ1v) is 11.3. The van der Waals surface area contributed by atoms with E-state index in [4.69, 9.17) is 14.2 Å². The number of hydrogen-bond acceptors (Lipinski definition) is 7. The van der Waals surface area contributed by atoms with Crippen LogP contribution in [0.5, 0.6) is 11.5 Å². The Labute approximate surface area is 180 Å². The van der Waals surface area contributed by atoms with Gasteiger partial charge in [-0.05, 0) is 50.6 Å². The van der Waals surface area contributed by atoms with Gasteiger partial charge in [0.2, 0.25) is 6.79 Å². The summed E-state index contributed by atoms with van der Waals surface area (Å²) in [6, 6.07) is 12.8. The number of nitrogens with one attached hydrogen (secondary N) is 1. The Bertz CT molecular complexity index is 1120. The molecule has 1 amide bonds. The highest BCUT2D eigenvalue weighted by Gasteiger charge is 2.73. The molecule has 2 aromatic carbocycles. The zero-order valence-corrected chi connectivity index (χ0v) is 18.1. The van der Waals surface area contributed by atoms with Gasteiger partial charge in [0, 0.05) is 5.92 Å². The largest absolute Gasteiger partial charge is 0.454 e. The summed E-state index contributed by atoms with van der Waals surface area (Å²) in [5.74, 6) is 0.165. The summed E-state index contributed by atoms with van der Waals surface area (Å²) in [6.45, 7) is 5.10. The van der Waals surface area contributed by atoms with Crippen LogP contribution in [-0.2, 0) is 19.4 Å². The number of aldehydes is 1. The van der Waals surface area contributed by atoms with Crippen molar-refractivity contribution in [3.8, 4) is 11.5 Å². The molecule has 3 atom stereocenters. The molecule has 2 aliphatic rings. The number of rotatable bonds is 5. The molecule has 31 heavy (non-hydrogen) atoms. The van der Waals surface area contributed by atoms with Crippen LogP contribution in [0, 0.1) is 0 Å². The van der Waals surface area contributed by atoms with Crippen LogP contribution in [0.1, 0.15) is 32.3 Å². The molecule has 1 aliphatic carbocycles. The summed E-state index contributed by atoms with van der Waals surface area (Å²) in [6.07, 6.45) is -0.381. The second-order valence-electron chi connectivity index (χ2n) is 8.55. The topological polar surface area (TPSA) is 108 Å². The number of carbonyl (C=O) groups excluding carboxylic acids is 2. The SMILES string of the molecule is CC(C)(C)OC(=O)N[C@@]1(C=O)[C@H](c2ccc3c(c2)OCO3)[C@@H]1S(=O)(=O)c1ccccc1. The fourth-order valence-corrected chi connectivity index (χ4v) is 6.19. The number of carbonyl (C=O) groups is 2. The van der Waals surface area contributed by atoms with Crippen molar-refractivity contribution < 1.29 is 32.2 Å². The van der Waals surface area contributed by atoms with Gasteiger partial charge in [-0.2, -0.15) is 0 Å². The first-order valence-electron chi connectivity index (χ1n) is 9.74. The number of ether oxygens (including phenoxy) is 3. The normalized spacial score (nSPS) is 24.4. The van der Waals surface area contributed by atoms with Gasteiger partial charge in [-0.1, -0.05) is 24.3 Å². The number of fused-ring (bicyclic) bond motifs is 1. The molecule has 8 nitrogen and oxygen atoms in total. The molecule has 9 heteroatoms. The minimum absolute atomic E-state index is 0.0597. The first-order chi connectivity index (χ1) is 14.6. The molecule has 1 saturated carbocycles. The van der Waals surface area contributed by atoms with Crippen LogP contribution in [-0.4, -0.2) is 44.0 Å². The smallest absolute Gasteiger partial charge is 0.408 e. The molecule has 1 fully saturated rings. The average Bonchev–Trinajstić information content (AvgIpc) is 3.13. The Morgan fingerprint density at radius 2 is 1.81 bits per heavy atom. The van der Waals surface area contributed by atoms with Gasteiger partial charge in [0.25, 0.3) is 0 Å². The second-order valence-corrected chi connectivity index (χ2v) is 10.6. The Morgan fingerprint density at radius 3 is 2.45 bits per heavy atom. The van der Waals surface area contributed by atoms with E-state index < -0.39 is 38.2 Å². The lowest BCUT2D eigenvalue weighted by Crippen LogP contribution is -2.45. The van der Waals surface area contributed by atoms with Gasteiger partial charge >= 0.3 is 6.09 Å². The lowest BCUT2D eigenvalue weighted by Gasteiger charge is -2.22. The molecule has 164 valence electrons. The third kappa shape index (κ3) is 3.74. The molecule has 1 heterocycles. The standard InChI is InChI=1S/C22H23NO7S/c1-21(2,3)30-20(25)23-22(12-24)18(14-9-10-16-17(11-14)29-13-28-16)19(22)31(26,27)15-7-5-4-6-8-15/h4-12,18-19H,13H2,1-3H3,(H,23,25)/t18-,19+,22+/m1/s1. The van der Waals surface area contributed by atoms with Gasteiger partial charge in [-0.15, -0.1) is 0 Å².